The highest BCUT2D eigenvalue weighted by Crippen LogP contribution is 2.21. The molecule has 0 saturated heterocycles. The van der Waals surface area contributed by atoms with Crippen LogP contribution < -0.4 is 11.3 Å². The molecule has 0 radical (unpaired) electrons. The second-order valence-corrected chi connectivity index (χ2v) is 6.19. The fraction of sp³-hybridized carbons (Fsp3) is 0.375. The molecule has 0 aliphatic heterocycles. The Kier molecular flexibility index (Phi) is 4.30. The first-order valence-corrected chi connectivity index (χ1v) is 7.75. The van der Waals surface area contributed by atoms with Crippen LogP contribution in [0.5, 0.6) is 0 Å². The molecule has 2 N–H and O–H groups in total. The van der Waals surface area contributed by atoms with Crippen LogP contribution >= 0.6 is 0 Å². The second kappa shape index (κ2) is 6.40. The minimum atomic E-state index is -0.272. The molecule has 24 heavy (non-hydrogen) atoms. The molecule has 8 nitrogen and oxygen atoms in total. The van der Waals surface area contributed by atoms with Crippen molar-refractivity contribution in [3.05, 3.63) is 46.9 Å². The summed E-state index contributed by atoms with van der Waals surface area (Å²) in [5, 5.41) is 8.04. The summed E-state index contributed by atoms with van der Waals surface area (Å²) in [6, 6.07) is 2.84. The maximum Gasteiger partial charge on any atom is 0.259 e. The van der Waals surface area contributed by atoms with Crippen molar-refractivity contribution in [1.29, 1.82) is 0 Å². The van der Waals surface area contributed by atoms with E-state index in [0.717, 1.165) is 6.42 Å². The smallest absolute Gasteiger partial charge is 0.259 e. The average Bonchev–Trinajstić information content (AvgIpc) is 3.16. The zero-order valence-corrected chi connectivity index (χ0v) is 13.9. The fourth-order valence-electron chi connectivity index (χ4n) is 2.46. The van der Waals surface area contributed by atoms with E-state index < -0.39 is 0 Å². The van der Waals surface area contributed by atoms with Gasteiger partial charge in [0.15, 0.2) is 5.82 Å². The van der Waals surface area contributed by atoms with E-state index in [-0.39, 0.29) is 11.6 Å². The molecule has 0 bridgehead atoms. The first kappa shape index (κ1) is 16.1. The van der Waals surface area contributed by atoms with Gasteiger partial charge in [-0.1, -0.05) is 19.0 Å². The number of nitrogens with two attached hydrogens (primary N) is 1. The van der Waals surface area contributed by atoms with Gasteiger partial charge in [-0.2, -0.15) is 10.1 Å². The maximum atomic E-state index is 12.1. The van der Waals surface area contributed by atoms with Gasteiger partial charge in [-0.15, -0.1) is 0 Å². The highest BCUT2D eigenvalue weighted by atomic mass is 16.5. The van der Waals surface area contributed by atoms with Gasteiger partial charge in [0.1, 0.15) is 0 Å². The van der Waals surface area contributed by atoms with E-state index in [0.29, 0.717) is 28.9 Å². The van der Waals surface area contributed by atoms with Gasteiger partial charge in [-0.3, -0.25) is 14.0 Å². The molecule has 0 aliphatic carbocycles. The zero-order valence-electron chi connectivity index (χ0n) is 13.9. The lowest BCUT2D eigenvalue weighted by Gasteiger charge is -2.08. The van der Waals surface area contributed by atoms with Gasteiger partial charge >= 0.3 is 0 Å². The molecular weight excluding hydrogens is 308 g/mol. The van der Waals surface area contributed by atoms with Gasteiger partial charge in [-0.05, 0) is 18.4 Å². The van der Waals surface area contributed by atoms with E-state index in [1.165, 1.54) is 10.6 Å². The van der Waals surface area contributed by atoms with E-state index in [1.807, 2.05) is 0 Å². The highest BCUT2D eigenvalue weighted by Gasteiger charge is 2.17. The summed E-state index contributed by atoms with van der Waals surface area (Å²) in [6.45, 7) is 4.18. The third-order valence-corrected chi connectivity index (χ3v) is 3.63. The maximum absolute atomic E-state index is 12.1. The van der Waals surface area contributed by atoms with Crippen molar-refractivity contribution >= 4 is 0 Å². The monoisotopic (exact) mass is 328 g/mol. The standard InChI is InChI=1S/C16H20N6O2/c1-10(2)6-13(17)15-19-16(24-20-15)11-4-5-14(23)22(8-11)12-7-18-21(3)9-12/h4-5,7-10,13H,6,17H2,1-3H3. The van der Waals surface area contributed by atoms with E-state index >= 15 is 0 Å². The van der Waals surface area contributed by atoms with Gasteiger partial charge in [0.2, 0.25) is 0 Å². The molecule has 3 aromatic heterocycles. The third kappa shape index (κ3) is 3.28. The molecule has 0 spiro atoms. The van der Waals surface area contributed by atoms with Gasteiger partial charge in [0.05, 0.1) is 23.5 Å². The highest BCUT2D eigenvalue weighted by molar-refractivity contribution is 5.52. The summed E-state index contributed by atoms with van der Waals surface area (Å²) < 4.78 is 8.43. The zero-order chi connectivity index (χ0) is 17.3. The molecule has 0 aromatic carbocycles. The van der Waals surface area contributed by atoms with Crippen molar-refractivity contribution < 1.29 is 4.52 Å². The van der Waals surface area contributed by atoms with Crippen molar-refractivity contribution in [2.75, 3.05) is 0 Å². The van der Waals surface area contributed by atoms with E-state index in [9.17, 15) is 4.79 Å². The normalized spacial score (nSPS) is 12.7. The van der Waals surface area contributed by atoms with Gasteiger partial charge in [0.25, 0.3) is 11.4 Å². The Morgan fingerprint density at radius 1 is 1.29 bits per heavy atom. The molecule has 0 saturated carbocycles. The Morgan fingerprint density at radius 3 is 2.75 bits per heavy atom. The van der Waals surface area contributed by atoms with E-state index in [2.05, 4.69) is 29.1 Å². The average molecular weight is 328 g/mol. The predicted octanol–water partition coefficient (Wildman–Crippen LogP) is 1.67. The van der Waals surface area contributed by atoms with Crippen LogP contribution in [-0.2, 0) is 7.05 Å². The molecular formula is C16H20N6O2. The van der Waals surface area contributed by atoms with Crippen molar-refractivity contribution in [3.63, 3.8) is 0 Å². The summed E-state index contributed by atoms with van der Waals surface area (Å²) in [5.41, 5.74) is 7.23. The molecule has 3 aromatic rings. The molecule has 0 fully saturated rings. The quantitative estimate of drug-likeness (QED) is 0.764. The van der Waals surface area contributed by atoms with Crippen LogP contribution in [0.3, 0.4) is 0 Å². The topological polar surface area (TPSA) is 105 Å². The lowest BCUT2D eigenvalue weighted by Crippen LogP contribution is -2.16. The fourth-order valence-corrected chi connectivity index (χ4v) is 2.46. The number of rotatable bonds is 5. The first-order valence-electron chi connectivity index (χ1n) is 7.75. The molecule has 1 atom stereocenters. The lowest BCUT2D eigenvalue weighted by atomic mass is 10.0. The molecule has 0 aliphatic rings. The van der Waals surface area contributed by atoms with Crippen LogP contribution in [-0.4, -0.2) is 24.5 Å². The van der Waals surface area contributed by atoms with Crippen molar-refractivity contribution in [2.24, 2.45) is 18.7 Å². The summed E-state index contributed by atoms with van der Waals surface area (Å²) in [4.78, 5) is 16.5. The summed E-state index contributed by atoms with van der Waals surface area (Å²) in [6.07, 6.45) is 5.80. The summed E-state index contributed by atoms with van der Waals surface area (Å²) >= 11 is 0. The van der Waals surface area contributed by atoms with Gasteiger partial charge in [-0.25, -0.2) is 0 Å². The minimum Gasteiger partial charge on any atom is -0.334 e. The Morgan fingerprint density at radius 2 is 2.08 bits per heavy atom. The molecule has 126 valence electrons. The number of hydrogen-bond donors (Lipinski definition) is 1. The molecule has 8 heteroatoms. The van der Waals surface area contributed by atoms with E-state index in [1.54, 1.807) is 36.4 Å². The molecule has 3 rings (SSSR count). The Balaban J connectivity index is 1.93. The second-order valence-electron chi connectivity index (χ2n) is 6.19. The number of pyridine rings is 1. The lowest BCUT2D eigenvalue weighted by molar-refractivity contribution is 0.405. The van der Waals surface area contributed by atoms with Crippen LogP contribution in [0.1, 0.15) is 32.1 Å². The Labute approximate surface area is 138 Å². The first-order chi connectivity index (χ1) is 11.4. The molecule has 3 heterocycles. The Hall–Kier alpha value is -2.74. The number of hydrogen-bond acceptors (Lipinski definition) is 6. The van der Waals surface area contributed by atoms with Crippen molar-refractivity contribution in [1.82, 2.24) is 24.5 Å². The number of aryl methyl sites for hydroxylation is 1. The van der Waals surface area contributed by atoms with Crippen LogP contribution in [0.4, 0.5) is 0 Å². The van der Waals surface area contributed by atoms with Crippen molar-refractivity contribution in [3.8, 4) is 17.1 Å². The minimum absolute atomic E-state index is 0.164. The summed E-state index contributed by atoms with van der Waals surface area (Å²) in [7, 11) is 1.79. The SMILES string of the molecule is CC(C)CC(N)c1noc(-c2ccc(=O)n(-c3cnn(C)c3)c2)n1. The van der Waals surface area contributed by atoms with Crippen molar-refractivity contribution in [2.45, 2.75) is 26.3 Å². The van der Waals surface area contributed by atoms with Gasteiger partial charge in [0, 0.05) is 25.5 Å². The number of aromatic nitrogens is 5. The van der Waals surface area contributed by atoms with Gasteiger partial charge < -0.3 is 10.3 Å². The largest absolute Gasteiger partial charge is 0.334 e. The molecule has 1 unspecified atom stereocenters. The van der Waals surface area contributed by atoms with Crippen LogP contribution in [0, 0.1) is 5.92 Å². The van der Waals surface area contributed by atoms with Crippen LogP contribution in [0.15, 0.2) is 40.0 Å². The summed E-state index contributed by atoms with van der Waals surface area (Å²) in [5.74, 6) is 1.24. The van der Waals surface area contributed by atoms with Crippen LogP contribution in [0.25, 0.3) is 17.1 Å². The van der Waals surface area contributed by atoms with E-state index in [4.69, 9.17) is 10.3 Å². The molecule has 0 amide bonds. The third-order valence-electron chi connectivity index (χ3n) is 3.63. The predicted molar refractivity (Wildman–Crippen MR) is 88.5 cm³/mol. The number of nitrogens with zero attached hydrogens (tertiary/aromatic N) is 5. The van der Waals surface area contributed by atoms with Crippen LogP contribution in [0.2, 0.25) is 0 Å². The Bertz CT molecular complexity index is 892.